The van der Waals surface area contributed by atoms with Crippen molar-refractivity contribution in [1.82, 2.24) is 10.2 Å². The summed E-state index contributed by atoms with van der Waals surface area (Å²) in [7, 11) is 0. The van der Waals surface area contributed by atoms with E-state index in [1.54, 1.807) is 30.0 Å². The molecule has 0 spiro atoms. The summed E-state index contributed by atoms with van der Waals surface area (Å²) in [5, 5.41) is 27.3. The molecule has 2 rings (SSSR count). The molecule has 1 heterocycles. The van der Waals surface area contributed by atoms with Crippen LogP contribution in [0.3, 0.4) is 0 Å². The zero-order chi connectivity index (χ0) is 24.6. The molecule has 1 aliphatic heterocycles. The summed E-state index contributed by atoms with van der Waals surface area (Å²) in [6.07, 6.45) is 0.884. The number of amides is 3. The van der Waals surface area contributed by atoms with Crippen LogP contribution in [0.15, 0.2) is 24.3 Å². The molecule has 180 valence electrons. The zero-order valence-electron chi connectivity index (χ0n) is 19.6. The highest BCUT2D eigenvalue weighted by Crippen LogP contribution is 2.37. The van der Waals surface area contributed by atoms with Gasteiger partial charge in [0.15, 0.2) is 0 Å². The van der Waals surface area contributed by atoms with E-state index in [-0.39, 0.29) is 22.4 Å². The third-order valence-electron chi connectivity index (χ3n) is 5.24. The largest absolute Gasteiger partial charge is 0.385 e. The molecule has 3 atom stereocenters. The van der Waals surface area contributed by atoms with E-state index in [2.05, 4.69) is 22.0 Å². The van der Waals surface area contributed by atoms with E-state index in [4.69, 9.17) is 0 Å². The standard InChI is InChI=1S/C23H33N5O4S/c1-5-25-20(29)15(14-24)12-19-28(6-2)21(30)18(33-19)10-11-26-16-8-7-9-17(13-16)27-22(31)23(3,4)32/h7-9,13,15,18-19,26,32H,5-6,10-12H2,1-4H3,(H,25,29)(H,27,31). The predicted molar refractivity (Wildman–Crippen MR) is 129 cm³/mol. The van der Waals surface area contributed by atoms with Crippen LogP contribution in [-0.4, -0.2) is 63.6 Å². The van der Waals surface area contributed by atoms with E-state index in [9.17, 15) is 24.8 Å². The lowest BCUT2D eigenvalue weighted by atomic mass is 10.1. The number of thioether (sulfide) groups is 1. The molecule has 0 aliphatic carbocycles. The molecule has 0 saturated carbocycles. The lowest BCUT2D eigenvalue weighted by molar-refractivity contribution is -0.131. The minimum absolute atomic E-state index is 0.0214. The average Bonchev–Trinajstić information content (AvgIpc) is 3.05. The monoisotopic (exact) mass is 475 g/mol. The number of nitrogens with one attached hydrogen (secondary N) is 3. The molecule has 1 saturated heterocycles. The van der Waals surface area contributed by atoms with Gasteiger partial charge in [0.2, 0.25) is 11.8 Å². The minimum Gasteiger partial charge on any atom is -0.385 e. The molecule has 1 aliphatic rings. The number of hydrogen-bond acceptors (Lipinski definition) is 7. The number of carbonyl (C=O) groups is 3. The fourth-order valence-electron chi connectivity index (χ4n) is 3.44. The SMILES string of the molecule is CCNC(=O)C(C#N)CC1SC(CCNc2cccc(NC(=O)C(C)(C)O)c2)C(=O)N1CC. The first-order valence-corrected chi connectivity index (χ1v) is 12.1. The van der Waals surface area contributed by atoms with Gasteiger partial charge in [-0.1, -0.05) is 6.07 Å². The summed E-state index contributed by atoms with van der Waals surface area (Å²) in [5.41, 5.74) is -0.139. The van der Waals surface area contributed by atoms with Crippen molar-refractivity contribution in [3.05, 3.63) is 24.3 Å². The second-order valence-corrected chi connectivity index (χ2v) is 9.71. The van der Waals surface area contributed by atoms with Crippen LogP contribution in [0.25, 0.3) is 0 Å². The summed E-state index contributed by atoms with van der Waals surface area (Å²) < 4.78 is 0. The van der Waals surface area contributed by atoms with E-state index >= 15 is 0 Å². The number of anilines is 2. The summed E-state index contributed by atoms with van der Waals surface area (Å²) in [6, 6.07) is 9.20. The molecule has 9 nitrogen and oxygen atoms in total. The fraction of sp³-hybridized carbons (Fsp3) is 0.565. The molecular weight excluding hydrogens is 442 g/mol. The van der Waals surface area contributed by atoms with Gasteiger partial charge in [0.25, 0.3) is 5.91 Å². The fourth-order valence-corrected chi connectivity index (χ4v) is 5.03. The Kier molecular flexibility index (Phi) is 9.56. The first kappa shape index (κ1) is 26.5. The first-order chi connectivity index (χ1) is 15.6. The van der Waals surface area contributed by atoms with Gasteiger partial charge < -0.3 is 26.0 Å². The van der Waals surface area contributed by atoms with Gasteiger partial charge >= 0.3 is 0 Å². The van der Waals surface area contributed by atoms with Crippen LogP contribution < -0.4 is 16.0 Å². The lowest BCUT2D eigenvalue weighted by Gasteiger charge is -2.23. The highest BCUT2D eigenvalue weighted by molar-refractivity contribution is 8.01. The van der Waals surface area contributed by atoms with Gasteiger partial charge in [0, 0.05) is 37.4 Å². The molecule has 0 bridgehead atoms. The Hall–Kier alpha value is -2.77. The van der Waals surface area contributed by atoms with Crippen molar-refractivity contribution >= 4 is 40.9 Å². The van der Waals surface area contributed by atoms with E-state index in [0.717, 1.165) is 5.69 Å². The van der Waals surface area contributed by atoms with Crippen molar-refractivity contribution in [1.29, 1.82) is 5.26 Å². The molecule has 1 aromatic carbocycles. The number of carbonyl (C=O) groups excluding carboxylic acids is 3. The summed E-state index contributed by atoms with van der Waals surface area (Å²) in [4.78, 5) is 38.7. The molecule has 4 N–H and O–H groups in total. The Labute approximate surface area is 199 Å². The van der Waals surface area contributed by atoms with Gasteiger partial charge in [-0.3, -0.25) is 14.4 Å². The molecule has 33 heavy (non-hydrogen) atoms. The van der Waals surface area contributed by atoms with Crippen LogP contribution >= 0.6 is 11.8 Å². The van der Waals surface area contributed by atoms with E-state index < -0.39 is 17.4 Å². The van der Waals surface area contributed by atoms with Crippen molar-refractivity contribution in [3.8, 4) is 6.07 Å². The predicted octanol–water partition coefficient (Wildman–Crippen LogP) is 2.15. The average molecular weight is 476 g/mol. The second kappa shape index (κ2) is 11.9. The topological polar surface area (TPSA) is 135 Å². The Morgan fingerprint density at radius 2 is 2.00 bits per heavy atom. The van der Waals surface area contributed by atoms with Gasteiger partial charge in [-0.15, -0.1) is 11.8 Å². The van der Waals surface area contributed by atoms with Crippen LogP contribution in [-0.2, 0) is 14.4 Å². The molecule has 10 heteroatoms. The minimum atomic E-state index is -1.48. The van der Waals surface area contributed by atoms with E-state index in [0.29, 0.717) is 38.2 Å². The summed E-state index contributed by atoms with van der Waals surface area (Å²) >= 11 is 1.50. The van der Waals surface area contributed by atoms with Crippen LogP contribution in [0.5, 0.6) is 0 Å². The maximum absolute atomic E-state index is 12.8. The number of nitriles is 1. The highest BCUT2D eigenvalue weighted by atomic mass is 32.2. The number of rotatable bonds is 11. The third-order valence-corrected chi connectivity index (χ3v) is 6.77. The molecule has 0 aromatic heterocycles. The van der Waals surface area contributed by atoms with Crippen molar-refractivity contribution in [2.75, 3.05) is 30.3 Å². The van der Waals surface area contributed by atoms with Crippen LogP contribution in [0.4, 0.5) is 11.4 Å². The van der Waals surface area contributed by atoms with Crippen molar-refractivity contribution in [2.24, 2.45) is 5.92 Å². The Balaban J connectivity index is 1.93. The first-order valence-electron chi connectivity index (χ1n) is 11.1. The Bertz CT molecular complexity index is 896. The number of hydrogen-bond donors (Lipinski definition) is 4. The van der Waals surface area contributed by atoms with Crippen molar-refractivity contribution in [3.63, 3.8) is 0 Å². The van der Waals surface area contributed by atoms with Crippen molar-refractivity contribution < 1.29 is 19.5 Å². The summed E-state index contributed by atoms with van der Waals surface area (Å²) in [6.45, 7) is 8.06. The molecule has 1 fully saturated rings. The van der Waals surface area contributed by atoms with Crippen LogP contribution in [0.2, 0.25) is 0 Å². The summed E-state index contributed by atoms with van der Waals surface area (Å²) in [5.74, 6) is -1.57. The van der Waals surface area contributed by atoms with E-state index in [1.165, 1.54) is 25.6 Å². The Morgan fingerprint density at radius 1 is 1.30 bits per heavy atom. The van der Waals surface area contributed by atoms with Gasteiger partial charge in [-0.2, -0.15) is 5.26 Å². The van der Waals surface area contributed by atoms with Gasteiger partial charge in [0.05, 0.1) is 16.7 Å². The quantitative estimate of drug-likeness (QED) is 0.385. The molecule has 0 radical (unpaired) electrons. The molecule has 3 unspecified atom stereocenters. The van der Waals surface area contributed by atoms with Crippen LogP contribution in [0.1, 0.15) is 40.5 Å². The van der Waals surface area contributed by atoms with Gasteiger partial charge in [-0.05, 0) is 52.3 Å². The number of aliphatic hydroxyl groups is 1. The zero-order valence-corrected chi connectivity index (χ0v) is 20.4. The van der Waals surface area contributed by atoms with Gasteiger partial charge in [-0.25, -0.2) is 0 Å². The second-order valence-electron chi connectivity index (χ2n) is 8.32. The number of benzene rings is 1. The van der Waals surface area contributed by atoms with Crippen molar-refractivity contribution in [2.45, 2.75) is 56.8 Å². The molecule has 1 aromatic rings. The third kappa shape index (κ3) is 7.37. The maximum Gasteiger partial charge on any atom is 0.255 e. The smallest absolute Gasteiger partial charge is 0.255 e. The lowest BCUT2D eigenvalue weighted by Crippen LogP contribution is -2.38. The maximum atomic E-state index is 12.8. The highest BCUT2D eigenvalue weighted by Gasteiger charge is 2.40. The Morgan fingerprint density at radius 3 is 2.61 bits per heavy atom. The van der Waals surface area contributed by atoms with Gasteiger partial charge in [0.1, 0.15) is 11.5 Å². The van der Waals surface area contributed by atoms with E-state index in [1.807, 2.05) is 13.0 Å². The number of nitrogens with zero attached hydrogens (tertiary/aromatic N) is 2. The normalized spacial score (nSPS) is 19.0. The molecular formula is C23H33N5O4S. The van der Waals surface area contributed by atoms with Crippen LogP contribution in [0, 0.1) is 17.2 Å². The molecule has 3 amide bonds.